The Labute approximate surface area is 108 Å². The van der Waals surface area contributed by atoms with E-state index in [-0.39, 0.29) is 5.54 Å². The molecule has 1 aromatic heterocycles. The molecular formula is C14H23N3O. The monoisotopic (exact) mass is 249 g/mol. The number of hydrogen-bond acceptors (Lipinski definition) is 4. The minimum atomic E-state index is -0.378. The first-order valence-electron chi connectivity index (χ1n) is 7.04. The van der Waals surface area contributed by atoms with Crippen LogP contribution in [0.4, 0.5) is 0 Å². The molecule has 0 spiro atoms. The second kappa shape index (κ2) is 3.80. The minimum absolute atomic E-state index is 0.337. The van der Waals surface area contributed by atoms with Crippen molar-refractivity contribution >= 4 is 0 Å². The van der Waals surface area contributed by atoms with Crippen molar-refractivity contribution in [1.29, 1.82) is 0 Å². The molecule has 0 aliphatic heterocycles. The van der Waals surface area contributed by atoms with Crippen LogP contribution < -0.4 is 5.73 Å². The summed E-state index contributed by atoms with van der Waals surface area (Å²) in [6, 6.07) is 0. The summed E-state index contributed by atoms with van der Waals surface area (Å²) < 4.78 is 5.45. The number of rotatable bonds is 2. The molecule has 2 N–H and O–H groups in total. The van der Waals surface area contributed by atoms with Crippen molar-refractivity contribution in [2.24, 2.45) is 17.1 Å². The third kappa shape index (κ3) is 1.96. The normalized spacial score (nSPS) is 38.7. The van der Waals surface area contributed by atoms with Crippen molar-refractivity contribution in [3.63, 3.8) is 0 Å². The molecule has 3 rings (SSSR count). The largest absolute Gasteiger partial charge is 0.337 e. The SMILES string of the molecule is CC1CCC(N)(c2nc(C3CC3(C)C)no2)CC1. The van der Waals surface area contributed by atoms with E-state index in [9.17, 15) is 0 Å². The molecule has 1 aromatic rings. The molecule has 2 saturated carbocycles. The molecule has 18 heavy (non-hydrogen) atoms. The molecule has 1 unspecified atom stereocenters. The second-order valence-corrected chi connectivity index (χ2v) is 7.04. The molecule has 2 fully saturated rings. The second-order valence-electron chi connectivity index (χ2n) is 7.04. The first-order chi connectivity index (χ1) is 8.41. The van der Waals surface area contributed by atoms with Gasteiger partial charge in [-0.25, -0.2) is 0 Å². The lowest BCUT2D eigenvalue weighted by atomic mass is 9.78. The third-order valence-electron chi connectivity index (χ3n) is 4.86. The van der Waals surface area contributed by atoms with Crippen LogP contribution in [0.3, 0.4) is 0 Å². The lowest BCUT2D eigenvalue weighted by Gasteiger charge is -2.32. The number of nitrogens with zero attached hydrogens (tertiary/aromatic N) is 2. The van der Waals surface area contributed by atoms with Gasteiger partial charge < -0.3 is 10.3 Å². The Hall–Kier alpha value is -0.900. The highest BCUT2D eigenvalue weighted by molar-refractivity contribution is 5.16. The van der Waals surface area contributed by atoms with Gasteiger partial charge >= 0.3 is 0 Å². The fourth-order valence-corrected chi connectivity index (χ4v) is 2.98. The van der Waals surface area contributed by atoms with E-state index in [1.54, 1.807) is 0 Å². The summed E-state index contributed by atoms with van der Waals surface area (Å²) in [5.74, 6) is 2.75. The molecule has 2 aliphatic rings. The van der Waals surface area contributed by atoms with Crippen molar-refractivity contribution in [3.05, 3.63) is 11.7 Å². The zero-order valence-electron chi connectivity index (χ0n) is 11.6. The predicted molar refractivity (Wildman–Crippen MR) is 68.9 cm³/mol. The molecule has 100 valence electrons. The summed E-state index contributed by atoms with van der Waals surface area (Å²) in [5, 5.41) is 4.15. The molecule has 0 amide bonds. The van der Waals surface area contributed by atoms with Gasteiger partial charge in [-0.05, 0) is 43.4 Å². The average molecular weight is 249 g/mol. The summed E-state index contributed by atoms with van der Waals surface area (Å²) in [6.07, 6.45) is 5.39. The zero-order valence-corrected chi connectivity index (χ0v) is 11.6. The van der Waals surface area contributed by atoms with Crippen LogP contribution in [0.25, 0.3) is 0 Å². The Morgan fingerprint density at radius 2 is 1.89 bits per heavy atom. The van der Waals surface area contributed by atoms with Crippen LogP contribution in [0.15, 0.2) is 4.52 Å². The van der Waals surface area contributed by atoms with E-state index in [2.05, 4.69) is 30.9 Å². The number of hydrogen-bond donors (Lipinski definition) is 1. The van der Waals surface area contributed by atoms with Crippen molar-refractivity contribution in [1.82, 2.24) is 10.1 Å². The Morgan fingerprint density at radius 3 is 2.44 bits per heavy atom. The van der Waals surface area contributed by atoms with Gasteiger partial charge in [0.05, 0.1) is 5.54 Å². The van der Waals surface area contributed by atoms with Gasteiger partial charge in [0.1, 0.15) is 0 Å². The van der Waals surface area contributed by atoms with Gasteiger partial charge in [0.25, 0.3) is 0 Å². The molecule has 4 nitrogen and oxygen atoms in total. The highest BCUT2D eigenvalue weighted by Crippen LogP contribution is 2.57. The highest BCUT2D eigenvalue weighted by Gasteiger charge is 2.50. The van der Waals surface area contributed by atoms with E-state index in [0.29, 0.717) is 17.2 Å². The topological polar surface area (TPSA) is 64.9 Å². The predicted octanol–water partition coefficient (Wildman–Crippen LogP) is 2.95. The van der Waals surface area contributed by atoms with Crippen LogP contribution in [-0.4, -0.2) is 10.1 Å². The van der Waals surface area contributed by atoms with Gasteiger partial charge in [0.2, 0.25) is 5.89 Å². The quantitative estimate of drug-likeness (QED) is 0.875. The van der Waals surface area contributed by atoms with Gasteiger partial charge in [0, 0.05) is 5.92 Å². The van der Waals surface area contributed by atoms with Gasteiger partial charge in [-0.3, -0.25) is 0 Å². The number of aromatic nitrogens is 2. The molecule has 0 aromatic carbocycles. The maximum atomic E-state index is 6.45. The maximum absolute atomic E-state index is 6.45. The van der Waals surface area contributed by atoms with Crippen molar-refractivity contribution in [2.75, 3.05) is 0 Å². The van der Waals surface area contributed by atoms with Crippen LogP contribution in [0.1, 0.15) is 70.5 Å². The highest BCUT2D eigenvalue weighted by atomic mass is 16.5. The van der Waals surface area contributed by atoms with Gasteiger partial charge in [-0.15, -0.1) is 0 Å². The van der Waals surface area contributed by atoms with Crippen molar-refractivity contribution < 1.29 is 4.52 Å². The fraction of sp³-hybridized carbons (Fsp3) is 0.857. The lowest BCUT2D eigenvalue weighted by Crippen LogP contribution is -2.40. The Morgan fingerprint density at radius 1 is 1.28 bits per heavy atom. The molecule has 0 saturated heterocycles. The standard InChI is InChI=1S/C14H23N3O/c1-9-4-6-14(15,7-5-9)12-16-11(17-18-12)10-8-13(10,2)3/h9-10H,4-8,15H2,1-3H3. The molecule has 1 heterocycles. The lowest BCUT2D eigenvalue weighted by molar-refractivity contribution is 0.190. The summed E-state index contributed by atoms with van der Waals surface area (Å²) in [4.78, 5) is 4.59. The maximum Gasteiger partial charge on any atom is 0.246 e. The van der Waals surface area contributed by atoms with Crippen LogP contribution in [-0.2, 0) is 5.54 Å². The molecule has 0 bridgehead atoms. The van der Waals surface area contributed by atoms with E-state index in [1.165, 1.54) is 0 Å². The minimum Gasteiger partial charge on any atom is -0.337 e. The summed E-state index contributed by atoms with van der Waals surface area (Å²) in [5.41, 5.74) is 6.41. The van der Waals surface area contributed by atoms with Crippen molar-refractivity contribution in [3.8, 4) is 0 Å². The molecule has 2 aliphatic carbocycles. The summed E-state index contributed by atoms with van der Waals surface area (Å²) in [6.45, 7) is 6.77. The van der Waals surface area contributed by atoms with Gasteiger partial charge in [0.15, 0.2) is 5.82 Å². The molecule has 1 atom stereocenters. The summed E-state index contributed by atoms with van der Waals surface area (Å²) >= 11 is 0. The van der Waals surface area contributed by atoms with Crippen molar-refractivity contribution in [2.45, 2.75) is 64.3 Å². The zero-order chi connectivity index (χ0) is 13.0. The number of nitrogens with two attached hydrogens (primary N) is 1. The fourth-order valence-electron chi connectivity index (χ4n) is 2.98. The van der Waals surface area contributed by atoms with E-state index in [0.717, 1.165) is 43.8 Å². The Balaban J connectivity index is 1.77. The van der Waals surface area contributed by atoms with Crippen LogP contribution in [0.5, 0.6) is 0 Å². The van der Waals surface area contributed by atoms with Crippen LogP contribution in [0, 0.1) is 11.3 Å². The summed E-state index contributed by atoms with van der Waals surface area (Å²) in [7, 11) is 0. The third-order valence-corrected chi connectivity index (χ3v) is 4.86. The van der Waals surface area contributed by atoms with E-state index in [4.69, 9.17) is 10.3 Å². The van der Waals surface area contributed by atoms with Gasteiger partial charge in [-0.1, -0.05) is 25.9 Å². The Bertz CT molecular complexity index is 444. The van der Waals surface area contributed by atoms with E-state index in [1.807, 2.05) is 0 Å². The first-order valence-corrected chi connectivity index (χ1v) is 7.04. The molecule has 0 radical (unpaired) electrons. The molecule has 4 heteroatoms. The smallest absolute Gasteiger partial charge is 0.246 e. The van der Waals surface area contributed by atoms with Gasteiger partial charge in [-0.2, -0.15) is 4.98 Å². The average Bonchev–Trinajstić information content (AvgIpc) is 2.79. The van der Waals surface area contributed by atoms with E-state index < -0.39 is 0 Å². The molecular weight excluding hydrogens is 226 g/mol. The first kappa shape index (κ1) is 12.2. The van der Waals surface area contributed by atoms with Crippen LogP contribution in [0.2, 0.25) is 0 Å². The van der Waals surface area contributed by atoms with E-state index >= 15 is 0 Å². The van der Waals surface area contributed by atoms with Crippen LogP contribution >= 0.6 is 0 Å². The Kier molecular flexibility index (Phi) is 2.56.